The van der Waals surface area contributed by atoms with Crippen molar-refractivity contribution < 1.29 is 4.42 Å². The first-order valence-corrected chi connectivity index (χ1v) is 6.51. The van der Waals surface area contributed by atoms with Gasteiger partial charge in [0, 0.05) is 10.5 Å². The van der Waals surface area contributed by atoms with E-state index in [1.165, 1.54) is 5.56 Å². The zero-order chi connectivity index (χ0) is 12.3. The quantitative estimate of drug-likeness (QED) is 0.901. The van der Waals surface area contributed by atoms with E-state index >= 15 is 0 Å². The predicted octanol–water partition coefficient (Wildman–Crippen LogP) is 4.45. The summed E-state index contributed by atoms with van der Waals surface area (Å²) >= 11 is 3.44. The Labute approximate surface area is 110 Å². The summed E-state index contributed by atoms with van der Waals surface area (Å²) in [5.74, 6) is 0.967. The Morgan fingerprint density at radius 1 is 1.06 bits per heavy atom. The van der Waals surface area contributed by atoms with Gasteiger partial charge in [-0.2, -0.15) is 0 Å². The van der Waals surface area contributed by atoms with E-state index in [-0.39, 0.29) is 6.04 Å². The molecule has 0 spiro atoms. The van der Waals surface area contributed by atoms with Crippen molar-refractivity contribution in [3.8, 4) is 0 Å². The first-order chi connectivity index (χ1) is 8.16. The number of furan rings is 1. The molecule has 3 heteroatoms. The molecule has 0 radical (unpaired) electrons. The van der Waals surface area contributed by atoms with Crippen molar-refractivity contribution in [2.45, 2.75) is 25.9 Å². The Morgan fingerprint density at radius 2 is 1.76 bits per heavy atom. The van der Waals surface area contributed by atoms with Crippen LogP contribution in [-0.4, -0.2) is 0 Å². The van der Waals surface area contributed by atoms with Crippen LogP contribution in [0.5, 0.6) is 0 Å². The Balaban J connectivity index is 2.01. The first-order valence-electron chi connectivity index (χ1n) is 5.71. The standard InChI is InChI=1S/C14H16BrNO/c1-10(12-5-7-13(15)8-6-12)16-11(2)14-4-3-9-17-14/h3-11,16H,1-2H3. The van der Waals surface area contributed by atoms with Crippen LogP contribution in [0.25, 0.3) is 0 Å². The van der Waals surface area contributed by atoms with Gasteiger partial charge in [0.1, 0.15) is 5.76 Å². The van der Waals surface area contributed by atoms with Gasteiger partial charge in [-0.05, 0) is 43.7 Å². The van der Waals surface area contributed by atoms with Gasteiger partial charge >= 0.3 is 0 Å². The smallest absolute Gasteiger partial charge is 0.120 e. The first kappa shape index (κ1) is 12.4. The molecule has 2 aromatic rings. The molecule has 90 valence electrons. The van der Waals surface area contributed by atoms with Gasteiger partial charge in [0.25, 0.3) is 0 Å². The van der Waals surface area contributed by atoms with Gasteiger partial charge in [-0.1, -0.05) is 28.1 Å². The molecular weight excluding hydrogens is 278 g/mol. The maximum atomic E-state index is 5.38. The van der Waals surface area contributed by atoms with E-state index in [1.54, 1.807) is 6.26 Å². The molecule has 0 aliphatic heterocycles. The van der Waals surface area contributed by atoms with E-state index in [1.807, 2.05) is 12.1 Å². The molecule has 0 fully saturated rings. The Hall–Kier alpha value is -1.06. The van der Waals surface area contributed by atoms with Gasteiger partial charge in [0.2, 0.25) is 0 Å². The highest BCUT2D eigenvalue weighted by Gasteiger charge is 2.12. The second-order valence-electron chi connectivity index (χ2n) is 4.18. The van der Waals surface area contributed by atoms with E-state index in [2.05, 4.69) is 59.4 Å². The molecular formula is C14H16BrNO. The molecule has 0 aliphatic rings. The van der Waals surface area contributed by atoms with Crippen LogP contribution in [0.15, 0.2) is 51.6 Å². The fourth-order valence-electron chi connectivity index (χ4n) is 1.84. The van der Waals surface area contributed by atoms with Crippen molar-refractivity contribution in [2.24, 2.45) is 0 Å². The van der Waals surface area contributed by atoms with Crippen LogP contribution in [0, 0.1) is 0 Å². The highest BCUT2D eigenvalue weighted by atomic mass is 79.9. The number of rotatable bonds is 4. The molecule has 1 aromatic heterocycles. The molecule has 2 atom stereocenters. The molecule has 2 unspecified atom stereocenters. The minimum Gasteiger partial charge on any atom is -0.468 e. The van der Waals surface area contributed by atoms with Crippen molar-refractivity contribution in [1.82, 2.24) is 5.32 Å². The molecule has 0 amide bonds. The van der Waals surface area contributed by atoms with Crippen molar-refractivity contribution in [2.75, 3.05) is 0 Å². The molecule has 0 saturated heterocycles. The van der Waals surface area contributed by atoms with Gasteiger partial charge < -0.3 is 9.73 Å². The molecule has 17 heavy (non-hydrogen) atoms. The third-order valence-electron chi connectivity index (χ3n) is 2.84. The highest BCUT2D eigenvalue weighted by molar-refractivity contribution is 9.10. The summed E-state index contributed by atoms with van der Waals surface area (Å²) in [5.41, 5.74) is 1.27. The summed E-state index contributed by atoms with van der Waals surface area (Å²) in [7, 11) is 0. The number of benzene rings is 1. The zero-order valence-corrected chi connectivity index (χ0v) is 11.6. The average Bonchev–Trinajstić information content (AvgIpc) is 2.83. The Kier molecular flexibility index (Phi) is 4.02. The minimum atomic E-state index is 0.212. The van der Waals surface area contributed by atoms with Crippen LogP contribution < -0.4 is 5.32 Å². The molecule has 1 N–H and O–H groups in total. The monoisotopic (exact) mass is 293 g/mol. The largest absolute Gasteiger partial charge is 0.468 e. The van der Waals surface area contributed by atoms with Gasteiger partial charge in [-0.3, -0.25) is 0 Å². The molecule has 2 rings (SSSR count). The lowest BCUT2D eigenvalue weighted by Crippen LogP contribution is -2.22. The zero-order valence-electron chi connectivity index (χ0n) is 9.98. The Bertz CT molecular complexity index is 450. The number of halogens is 1. The SMILES string of the molecule is CC(NC(C)c1ccco1)c1ccc(Br)cc1. The van der Waals surface area contributed by atoms with E-state index in [0.717, 1.165) is 10.2 Å². The molecule has 1 heterocycles. The maximum absolute atomic E-state index is 5.38. The van der Waals surface area contributed by atoms with E-state index in [4.69, 9.17) is 4.42 Å². The van der Waals surface area contributed by atoms with Crippen LogP contribution in [0.4, 0.5) is 0 Å². The summed E-state index contributed by atoms with van der Waals surface area (Å²) in [5, 5.41) is 3.51. The van der Waals surface area contributed by atoms with Gasteiger partial charge in [0.05, 0.1) is 12.3 Å². The van der Waals surface area contributed by atoms with Gasteiger partial charge in [-0.15, -0.1) is 0 Å². The maximum Gasteiger partial charge on any atom is 0.120 e. The number of nitrogens with one attached hydrogen (secondary N) is 1. The van der Waals surface area contributed by atoms with Crippen LogP contribution in [0.3, 0.4) is 0 Å². The highest BCUT2D eigenvalue weighted by Crippen LogP contribution is 2.21. The van der Waals surface area contributed by atoms with Crippen LogP contribution in [0.1, 0.15) is 37.3 Å². The number of hydrogen-bond acceptors (Lipinski definition) is 2. The van der Waals surface area contributed by atoms with Crippen molar-refractivity contribution in [3.05, 3.63) is 58.5 Å². The predicted molar refractivity (Wildman–Crippen MR) is 72.8 cm³/mol. The normalized spacial score (nSPS) is 14.5. The fraction of sp³-hybridized carbons (Fsp3) is 0.286. The summed E-state index contributed by atoms with van der Waals surface area (Å²) in [6.07, 6.45) is 1.71. The Morgan fingerprint density at radius 3 is 2.35 bits per heavy atom. The minimum absolute atomic E-state index is 0.212. The summed E-state index contributed by atoms with van der Waals surface area (Å²) in [6, 6.07) is 12.8. The number of hydrogen-bond donors (Lipinski definition) is 1. The van der Waals surface area contributed by atoms with Gasteiger partial charge in [0.15, 0.2) is 0 Å². The second-order valence-corrected chi connectivity index (χ2v) is 5.09. The third-order valence-corrected chi connectivity index (χ3v) is 3.37. The lowest BCUT2D eigenvalue weighted by Gasteiger charge is -2.18. The molecule has 2 nitrogen and oxygen atoms in total. The lowest BCUT2D eigenvalue weighted by molar-refractivity contribution is 0.403. The van der Waals surface area contributed by atoms with Gasteiger partial charge in [-0.25, -0.2) is 0 Å². The average molecular weight is 294 g/mol. The summed E-state index contributed by atoms with van der Waals surface area (Å²) in [6.45, 7) is 4.26. The van der Waals surface area contributed by atoms with Crippen molar-refractivity contribution in [1.29, 1.82) is 0 Å². The molecule has 0 bridgehead atoms. The van der Waals surface area contributed by atoms with Crippen molar-refractivity contribution >= 4 is 15.9 Å². The van der Waals surface area contributed by atoms with Crippen LogP contribution in [-0.2, 0) is 0 Å². The van der Waals surface area contributed by atoms with E-state index in [0.29, 0.717) is 6.04 Å². The molecule has 0 aliphatic carbocycles. The van der Waals surface area contributed by atoms with Crippen molar-refractivity contribution in [3.63, 3.8) is 0 Å². The van der Waals surface area contributed by atoms with Crippen LogP contribution >= 0.6 is 15.9 Å². The lowest BCUT2D eigenvalue weighted by atomic mass is 10.1. The molecule has 0 saturated carbocycles. The topological polar surface area (TPSA) is 25.2 Å². The summed E-state index contributed by atoms with van der Waals surface area (Å²) < 4.78 is 6.49. The fourth-order valence-corrected chi connectivity index (χ4v) is 2.11. The third kappa shape index (κ3) is 3.20. The van der Waals surface area contributed by atoms with Crippen LogP contribution in [0.2, 0.25) is 0 Å². The summed E-state index contributed by atoms with van der Waals surface area (Å²) in [4.78, 5) is 0. The second kappa shape index (κ2) is 5.52. The molecule has 1 aromatic carbocycles. The van der Waals surface area contributed by atoms with E-state index in [9.17, 15) is 0 Å². The van der Waals surface area contributed by atoms with E-state index < -0.39 is 0 Å².